The summed E-state index contributed by atoms with van der Waals surface area (Å²) in [5.41, 5.74) is 3.24. The third kappa shape index (κ3) is 3.13. The van der Waals surface area contributed by atoms with E-state index in [2.05, 4.69) is 10.1 Å². The smallest absolute Gasteiger partial charge is 0.254 e. The molecule has 3 aromatic rings. The SMILES string of the molecule is C[C@@H](O)c1cc2n(n1)CCCN(C(=O)c1ccc(-n3ccnc3)cc1)C2. The summed E-state index contributed by atoms with van der Waals surface area (Å²) in [6.45, 7) is 3.65. The normalized spacial score (nSPS) is 15.4. The molecule has 4 rings (SSSR count). The highest BCUT2D eigenvalue weighted by Gasteiger charge is 2.22. The summed E-state index contributed by atoms with van der Waals surface area (Å²) in [7, 11) is 0. The van der Waals surface area contributed by atoms with E-state index in [1.165, 1.54) is 0 Å². The van der Waals surface area contributed by atoms with Gasteiger partial charge in [-0.25, -0.2) is 4.98 Å². The Kier molecular flexibility index (Phi) is 4.30. The van der Waals surface area contributed by atoms with Gasteiger partial charge in [-0.2, -0.15) is 5.10 Å². The van der Waals surface area contributed by atoms with Gasteiger partial charge in [0.2, 0.25) is 0 Å². The van der Waals surface area contributed by atoms with Crippen molar-refractivity contribution in [3.63, 3.8) is 0 Å². The Morgan fingerprint density at radius 2 is 2.04 bits per heavy atom. The van der Waals surface area contributed by atoms with Crippen LogP contribution in [0.4, 0.5) is 0 Å². The highest BCUT2D eigenvalue weighted by atomic mass is 16.3. The highest BCUT2D eigenvalue weighted by molar-refractivity contribution is 5.94. The van der Waals surface area contributed by atoms with E-state index in [0.717, 1.165) is 24.3 Å². The van der Waals surface area contributed by atoms with Gasteiger partial charge in [0, 0.05) is 36.7 Å². The first-order chi connectivity index (χ1) is 12.6. The molecule has 1 aliphatic heterocycles. The highest BCUT2D eigenvalue weighted by Crippen LogP contribution is 2.20. The fourth-order valence-electron chi connectivity index (χ4n) is 3.23. The minimum Gasteiger partial charge on any atom is -0.387 e. The molecule has 0 spiro atoms. The summed E-state index contributed by atoms with van der Waals surface area (Å²) < 4.78 is 3.80. The van der Waals surface area contributed by atoms with Crippen molar-refractivity contribution in [1.29, 1.82) is 0 Å². The maximum atomic E-state index is 12.9. The molecule has 0 bridgehead atoms. The molecule has 0 radical (unpaired) electrons. The Hall–Kier alpha value is -2.93. The second kappa shape index (κ2) is 6.76. The first kappa shape index (κ1) is 16.5. The van der Waals surface area contributed by atoms with Gasteiger partial charge >= 0.3 is 0 Å². The number of amides is 1. The van der Waals surface area contributed by atoms with Crippen molar-refractivity contribution in [2.45, 2.75) is 32.5 Å². The van der Waals surface area contributed by atoms with Crippen LogP contribution in [0.2, 0.25) is 0 Å². The Bertz CT molecular complexity index is 897. The minimum absolute atomic E-state index is 0.00966. The van der Waals surface area contributed by atoms with Crippen molar-refractivity contribution in [1.82, 2.24) is 24.2 Å². The molecule has 134 valence electrons. The van der Waals surface area contributed by atoms with E-state index in [-0.39, 0.29) is 5.91 Å². The summed E-state index contributed by atoms with van der Waals surface area (Å²) in [5, 5.41) is 14.2. The van der Waals surface area contributed by atoms with Crippen LogP contribution in [0.3, 0.4) is 0 Å². The van der Waals surface area contributed by atoms with Gasteiger partial charge in [0.1, 0.15) is 0 Å². The van der Waals surface area contributed by atoms with Crippen LogP contribution in [0.1, 0.15) is 41.2 Å². The van der Waals surface area contributed by atoms with Crippen LogP contribution >= 0.6 is 0 Å². The van der Waals surface area contributed by atoms with E-state index in [0.29, 0.717) is 24.3 Å². The predicted octanol–water partition coefficient (Wildman–Crippen LogP) is 2.17. The largest absolute Gasteiger partial charge is 0.387 e. The monoisotopic (exact) mass is 351 g/mol. The average Bonchev–Trinajstić information content (AvgIpc) is 3.28. The molecular formula is C19H21N5O2. The number of imidazole rings is 1. The van der Waals surface area contributed by atoms with Gasteiger partial charge in [0.05, 0.1) is 30.4 Å². The number of nitrogens with zero attached hydrogens (tertiary/aromatic N) is 5. The lowest BCUT2D eigenvalue weighted by Gasteiger charge is -2.20. The zero-order valence-corrected chi connectivity index (χ0v) is 14.6. The quantitative estimate of drug-likeness (QED) is 0.785. The number of carbonyl (C=O) groups excluding carboxylic acids is 1. The van der Waals surface area contributed by atoms with Crippen LogP contribution in [-0.4, -0.2) is 41.8 Å². The summed E-state index contributed by atoms with van der Waals surface area (Å²) in [4.78, 5) is 18.8. The molecule has 1 aromatic carbocycles. The number of carbonyl (C=O) groups is 1. The van der Waals surface area contributed by atoms with Gasteiger partial charge in [0.15, 0.2) is 0 Å². The zero-order valence-electron chi connectivity index (χ0n) is 14.6. The molecule has 2 aromatic heterocycles. The lowest BCUT2D eigenvalue weighted by molar-refractivity contribution is 0.0746. The number of aliphatic hydroxyl groups excluding tert-OH is 1. The van der Waals surface area contributed by atoms with Crippen molar-refractivity contribution in [2.24, 2.45) is 0 Å². The van der Waals surface area contributed by atoms with E-state index in [9.17, 15) is 9.90 Å². The van der Waals surface area contributed by atoms with E-state index in [1.54, 1.807) is 19.4 Å². The Balaban J connectivity index is 1.53. The fraction of sp³-hybridized carbons (Fsp3) is 0.316. The second-order valence-electron chi connectivity index (χ2n) is 6.56. The molecule has 7 nitrogen and oxygen atoms in total. The van der Waals surface area contributed by atoms with Gasteiger partial charge in [-0.3, -0.25) is 9.48 Å². The number of hydrogen-bond donors (Lipinski definition) is 1. The molecule has 1 amide bonds. The van der Waals surface area contributed by atoms with Crippen molar-refractivity contribution in [3.8, 4) is 5.69 Å². The standard InChI is InChI=1S/C19H21N5O2/c1-14(25)18-11-17-12-22(8-2-9-24(17)21-18)19(26)15-3-5-16(6-4-15)23-10-7-20-13-23/h3-7,10-11,13-14,25H,2,8-9,12H2,1H3/t14-/m1/s1. The molecule has 1 aliphatic rings. The van der Waals surface area contributed by atoms with Gasteiger partial charge in [-0.05, 0) is 43.7 Å². The lowest BCUT2D eigenvalue weighted by atomic mass is 10.1. The molecule has 0 aliphatic carbocycles. The van der Waals surface area contributed by atoms with Crippen molar-refractivity contribution < 1.29 is 9.90 Å². The van der Waals surface area contributed by atoms with Crippen LogP contribution in [0, 0.1) is 0 Å². The first-order valence-corrected chi connectivity index (χ1v) is 8.74. The zero-order chi connectivity index (χ0) is 18.1. The molecule has 26 heavy (non-hydrogen) atoms. The van der Waals surface area contributed by atoms with Gasteiger partial charge in [0.25, 0.3) is 5.91 Å². The topological polar surface area (TPSA) is 76.2 Å². The molecule has 1 N–H and O–H groups in total. The number of rotatable bonds is 3. The summed E-state index contributed by atoms with van der Waals surface area (Å²) in [6.07, 6.45) is 5.56. The number of benzene rings is 1. The molecule has 0 saturated carbocycles. The molecule has 0 fully saturated rings. The van der Waals surface area contributed by atoms with Gasteiger partial charge < -0.3 is 14.6 Å². The molecule has 0 unspecified atom stereocenters. The van der Waals surface area contributed by atoms with Crippen LogP contribution in [0.5, 0.6) is 0 Å². The molecule has 0 saturated heterocycles. The van der Waals surface area contributed by atoms with E-state index in [4.69, 9.17) is 0 Å². The summed E-state index contributed by atoms with van der Waals surface area (Å²) >= 11 is 0. The molecular weight excluding hydrogens is 330 g/mol. The molecule has 7 heteroatoms. The second-order valence-corrected chi connectivity index (χ2v) is 6.56. The molecule has 3 heterocycles. The number of aliphatic hydroxyl groups is 1. The van der Waals surface area contributed by atoms with Crippen LogP contribution in [0.15, 0.2) is 49.1 Å². The van der Waals surface area contributed by atoms with Gasteiger partial charge in [-0.1, -0.05) is 0 Å². The van der Waals surface area contributed by atoms with Crippen molar-refractivity contribution >= 4 is 5.91 Å². The van der Waals surface area contributed by atoms with E-state index < -0.39 is 6.10 Å². The Labute approximate surface area is 151 Å². The number of hydrogen-bond acceptors (Lipinski definition) is 4. The van der Waals surface area contributed by atoms with E-state index in [1.807, 2.05) is 50.7 Å². The Morgan fingerprint density at radius 3 is 2.73 bits per heavy atom. The number of aryl methyl sites for hydroxylation is 1. The van der Waals surface area contributed by atoms with Crippen molar-refractivity contribution in [3.05, 3.63) is 66.0 Å². The van der Waals surface area contributed by atoms with Gasteiger partial charge in [-0.15, -0.1) is 0 Å². The number of aromatic nitrogens is 4. The summed E-state index contributed by atoms with van der Waals surface area (Å²) in [6, 6.07) is 9.42. The summed E-state index contributed by atoms with van der Waals surface area (Å²) in [5.74, 6) is 0.00966. The van der Waals surface area contributed by atoms with E-state index >= 15 is 0 Å². The fourth-order valence-corrected chi connectivity index (χ4v) is 3.23. The number of fused-ring (bicyclic) bond motifs is 1. The van der Waals surface area contributed by atoms with Crippen molar-refractivity contribution in [2.75, 3.05) is 6.54 Å². The average molecular weight is 351 g/mol. The third-order valence-electron chi connectivity index (χ3n) is 4.67. The third-order valence-corrected chi connectivity index (χ3v) is 4.67. The maximum Gasteiger partial charge on any atom is 0.254 e. The van der Waals surface area contributed by atoms with Crippen LogP contribution in [0.25, 0.3) is 5.69 Å². The van der Waals surface area contributed by atoms with Crippen LogP contribution < -0.4 is 0 Å². The Morgan fingerprint density at radius 1 is 1.23 bits per heavy atom. The molecule has 1 atom stereocenters. The van der Waals surface area contributed by atoms with Crippen LogP contribution in [-0.2, 0) is 13.1 Å². The lowest BCUT2D eigenvalue weighted by Crippen LogP contribution is -2.30. The predicted molar refractivity (Wildman–Crippen MR) is 95.8 cm³/mol. The minimum atomic E-state index is -0.603. The first-order valence-electron chi connectivity index (χ1n) is 8.74. The maximum absolute atomic E-state index is 12.9.